The number of esters is 1. The molecule has 1 aliphatic heterocycles. The number of benzene rings is 3. The van der Waals surface area contributed by atoms with Crippen LogP contribution in [0.25, 0.3) is 0 Å². The van der Waals surface area contributed by atoms with E-state index in [0.717, 1.165) is 16.0 Å². The van der Waals surface area contributed by atoms with Crippen molar-refractivity contribution < 1.29 is 23.9 Å². The van der Waals surface area contributed by atoms with E-state index >= 15 is 0 Å². The molecule has 0 atom stereocenters. The number of rotatable bonds is 5. The summed E-state index contributed by atoms with van der Waals surface area (Å²) in [6.45, 7) is 3.57. The van der Waals surface area contributed by atoms with Crippen molar-refractivity contribution in [2.75, 3.05) is 11.5 Å². The summed E-state index contributed by atoms with van der Waals surface area (Å²) in [7, 11) is 0. The summed E-state index contributed by atoms with van der Waals surface area (Å²) in [4.78, 5) is 38.6. The maximum Gasteiger partial charge on any atom is 0.349 e. The van der Waals surface area contributed by atoms with Crippen LogP contribution in [0.1, 0.15) is 31.8 Å². The highest BCUT2D eigenvalue weighted by atomic mass is 16.6. The van der Waals surface area contributed by atoms with Crippen LogP contribution in [0.5, 0.6) is 11.5 Å². The molecule has 0 aromatic heterocycles. The van der Waals surface area contributed by atoms with Gasteiger partial charge >= 0.3 is 5.97 Å². The van der Waals surface area contributed by atoms with E-state index in [4.69, 9.17) is 9.47 Å². The van der Waals surface area contributed by atoms with E-state index in [1.54, 1.807) is 42.5 Å². The average Bonchev–Trinajstić information content (AvgIpc) is 2.99. The Kier molecular flexibility index (Phi) is 5.06. The largest absolute Gasteiger partial charge is 0.482 e. The predicted octanol–water partition coefficient (Wildman–Crippen LogP) is 4.09. The minimum absolute atomic E-state index is 0.221. The molecule has 3 aromatic rings. The van der Waals surface area contributed by atoms with Crippen LogP contribution in [0, 0.1) is 13.8 Å². The van der Waals surface area contributed by atoms with E-state index in [0.29, 0.717) is 22.6 Å². The first-order valence-electron chi connectivity index (χ1n) is 9.42. The van der Waals surface area contributed by atoms with Crippen molar-refractivity contribution in [3.63, 3.8) is 0 Å². The zero-order chi connectivity index (χ0) is 21.3. The first kappa shape index (κ1) is 19.4. The van der Waals surface area contributed by atoms with Crippen molar-refractivity contribution >= 4 is 23.5 Å². The Morgan fingerprint density at radius 3 is 2.27 bits per heavy atom. The lowest BCUT2D eigenvalue weighted by atomic mass is 10.1. The number of hydrogen-bond donors (Lipinski definition) is 0. The Morgan fingerprint density at radius 2 is 1.57 bits per heavy atom. The monoisotopic (exact) mass is 401 g/mol. The molecular weight excluding hydrogens is 382 g/mol. The molecule has 30 heavy (non-hydrogen) atoms. The molecule has 0 fully saturated rings. The predicted molar refractivity (Wildman–Crippen MR) is 111 cm³/mol. The van der Waals surface area contributed by atoms with Gasteiger partial charge in [-0.3, -0.25) is 9.59 Å². The fourth-order valence-corrected chi connectivity index (χ4v) is 3.27. The van der Waals surface area contributed by atoms with Crippen LogP contribution in [-0.2, 0) is 4.79 Å². The van der Waals surface area contributed by atoms with E-state index in [9.17, 15) is 14.4 Å². The van der Waals surface area contributed by atoms with Gasteiger partial charge in [0.1, 0.15) is 11.5 Å². The fourth-order valence-electron chi connectivity index (χ4n) is 3.27. The highest BCUT2D eigenvalue weighted by molar-refractivity contribution is 6.34. The van der Waals surface area contributed by atoms with Crippen LogP contribution in [0.4, 0.5) is 5.69 Å². The minimum Gasteiger partial charge on any atom is -0.482 e. The van der Waals surface area contributed by atoms with Gasteiger partial charge in [-0.25, -0.2) is 9.69 Å². The second kappa shape index (κ2) is 7.83. The number of imide groups is 1. The highest BCUT2D eigenvalue weighted by Crippen LogP contribution is 2.30. The van der Waals surface area contributed by atoms with Crippen LogP contribution in [0.15, 0.2) is 66.7 Å². The van der Waals surface area contributed by atoms with Crippen LogP contribution < -0.4 is 14.4 Å². The molecular formula is C24H19NO5. The lowest BCUT2D eigenvalue weighted by molar-refractivity contribution is -0.136. The van der Waals surface area contributed by atoms with E-state index < -0.39 is 17.8 Å². The number of ether oxygens (including phenoxy) is 2. The molecule has 1 aliphatic rings. The third kappa shape index (κ3) is 3.67. The lowest BCUT2D eigenvalue weighted by Gasteiger charge is -2.15. The summed E-state index contributed by atoms with van der Waals surface area (Å²) < 4.78 is 10.9. The minimum atomic E-state index is -0.588. The summed E-state index contributed by atoms with van der Waals surface area (Å²) >= 11 is 0. The van der Waals surface area contributed by atoms with Crippen molar-refractivity contribution in [3.8, 4) is 11.5 Å². The standard InChI is InChI=1S/C24H19NO5/c1-15-10-11-16(2)21(12-15)29-14-22(26)30-18-7-5-6-17(13-18)25-23(27)19-8-3-4-9-20(19)24(25)28/h3-13H,14H2,1-2H3. The zero-order valence-electron chi connectivity index (χ0n) is 16.5. The maximum absolute atomic E-state index is 12.6. The van der Waals surface area contributed by atoms with Gasteiger partial charge in [-0.05, 0) is 55.3 Å². The first-order valence-corrected chi connectivity index (χ1v) is 9.42. The number of hydrogen-bond acceptors (Lipinski definition) is 5. The normalized spacial score (nSPS) is 12.7. The van der Waals surface area contributed by atoms with Crippen LogP contribution in [0.3, 0.4) is 0 Å². The third-order valence-corrected chi connectivity index (χ3v) is 4.79. The van der Waals surface area contributed by atoms with Gasteiger partial charge in [-0.15, -0.1) is 0 Å². The topological polar surface area (TPSA) is 72.9 Å². The van der Waals surface area contributed by atoms with Crippen molar-refractivity contribution in [2.45, 2.75) is 13.8 Å². The molecule has 1 heterocycles. The van der Waals surface area contributed by atoms with Crippen LogP contribution in [0.2, 0.25) is 0 Å². The second-order valence-corrected chi connectivity index (χ2v) is 7.02. The lowest BCUT2D eigenvalue weighted by Crippen LogP contribution is -2.29. The molecule has 0 aliphatic carbocycles. The van der Waals surface area contributed by atoms with Gasteiger partial charge in [0.25, 0.3) is 11.8 Å². The average molecular weight is 401 g/mol. The smallest absolute Gasteiger partial charge is 0.349 e. The Hall–Kier alpha value is -3.93. The molecule has 0 saturated heterocycles. The Bertz CT molecular complexity index is 1130. The van der Waals surface area contributed by atoms with Crippen molar-refractivity contribution in [2.24, 2.45) is 0 Å². The van der Waals surface area contributed by atoms with Gasteiger partial charge in [-0.1, -0.05) is 30.3 Å². The fraction of sp³-hybridized carbons (Fsp3) is 0.125. The Morgan fingerprint density at radius 1 is 0.867 bits per heavy atom. The van der Waals surface area contributed by atoms with Gasteiger partial charge in [0, 0.05) is 6.07 Å². The molecule has 0 N–H and O–H groups in total. The number of carbonyl (C=O) groups excluding carboxylic acids is 3. The summed E-state index contributed by atoms with van der Waals surface area (Å²) in [5.41, 5.74) is 2.99. The first-order chi connectivity index (χ1) is 14.4. The Balaban J connectivity index is 1.46. The SMILES string of the molecule is Cc1ccc(C)c(OCC(=O)Oc2cccc(N3C(=O)c4ccccc4C3=O)c2)c1. The zero-order valence-corrected chi connectivity index (χ0v) is 16.5. The van der Waals surface area contributed by atoms with Gasteiger partial charge in [0.05, 0.1) is 16.8 Å². The van der Waals surface area contributed by atoms with Gasteiger partial charge in [-0.2, -0.15) is 0 Å². The van der Waals surface area contributed by atoms with Gasteiger partial charge in [0.15, 0.2) is 6.61 Å². The molecule has 0 spiro atoms. The number of aryl methyl sites for hydroxylation is 2. The quantitative estimate of drug-likeness (QED) is 0.366. The van der Waals surface area contributed by atoms with Crippen LogP contribution >= 0.6 is 0 Å². The summed E-state index contributed by atoms with van der Waals surface area (Å²) in [6, 6.07) is 18.7. The van der Waals surface area contributed by atoms with Crippen molar-refractivity contribution in [1.29, 1.82) is 0 Å². The molecule has 3 aromatic carbocycles. The van der Waals surface area contributed by atoms with Crippen molar-refractivity contribution in [1.82, 2.24) is 0 Å². The summed E-state index contributed by atoms with van der Waals surface area (Å²) in [5.74, 6) is -0.560. The second-order valence-electron chi connectivity index (χ2n) is 7.02. The molecule has 6 heteroatoms. The van der Waals surface area contributed by atoms with E-state index in [1.165, 1.54) is 6.07 Å². The summed E-state index contributed by atoms with van der Waals surface area (Å²) in [5, 5.41) is 0. The molecule has 0 saturated carbocycles. The number of nitrogens with zero attached hydrogens (tertiary/aromatic N) is 1. The molecule has 2 amide bonds. The Labute approximate surface area is 173 Å². The number of carbonyl (C=O) groups is 3. The van der Waals surface area contributed by atoms with Crippen molar-refractivity contribution in [3.05, 3.63) is 89.0 Å². The van der Waals surface area contributed by atoms with Crippen LogP contribution in [-0.4, -0.2) is 24.4 Å². The number of amides is 2. The molecule has 0 radical (unpaired) electrons. The molecule has 150 valence electrons. The van der Waals surface area contributed by atoms with Gasteiger partial charge < -0.3 is 9.47 Å². The number of fused-ring (bicyclic) bond motifs is 1. The van der Waals surface area contributed by atoms with E-state index in [-0.39, 0.29) is 12.4 Å². The molecule has 0 bridgehead atoms. The molecule has 6 nitrogen and oxygen atoms in total. The number of anilines is 1. The van der Waals surface area contributed by atoms with E-state index in [1.807, 2.05) is 32.0 Å². The van der Waals surface area contributed by atoms with Gasteiger partial charge in [0.2, 0.25) is 0 Å². The maximum atomic E-state index is 12.6. The highest BCUT2D eigenvalue weighted by Gasteiger charge is 2.36. The third-order valence-electron chi connectivity index (χ3n) is 4.79. The van der Waals surface area contributed by atoms with E-state index in [2.05, 4.69) is 0 Å². The summed E-state index contributed by atoms with van der Waals surface area (Å²) in [6.07, 6.45) is 0. The molecule has 4 rings (SSSR count). The molecule has 0 unspecified atom stereocenters.